The van der Waals surface area contributed by atoms with Crippen LogP contribution in [-0.4, -0.2) is 41.6 Å². The van der Waals surface area contributed by atoms with Crippen LogP contribution in [0.4, 0.5) is 0 Å². The second-order valence-corrected chi connectivity index (χ2v) is 5.78. The number of aliphatic carboxylic acids is 1. The van der Waals surface area contributed by atoms with Crippen LogP contribution in [0.15, 0.2) is 18.2 Å². The van der Waals surface area contributed by atoms with Gasteiger partial charge in [-0.05, 0) is 38.3 Å². The maximum absolute atomic E-state index is 12.8. The maximum atomic E-state index is 12.8. The van der Waals surface area contributed by atoms with Crippen LogP contribution >= 0.6 is 0 Å². The number of carbonyl (C=O) groups is 2. The number of likely N-dealkylation sites (tertiary alicyclic amines) is 1. The molecule has 1 heterocycles. The van der Waals surface area contributed by atoms with Crippen molar-refractivity contribution in [2.45, 2.75) is 33.1 Å². The topological polar surface area (TPSA) is 66.8 Å². The zero-order valence-electron chi connectivity index (χ0n) is 13.2. The van der Waals surface area contributed by atoms with Crippen molar-refractivity contribution in [2.24, 2.45) is 5.92 Å². The maximum Gasteiger partial charge on any atom is 0.308 e. The summed E-state index contributed by atoms with van der Waals surface area (Å²) in [5, 5.41) is 9.16. The second-order valence-electron chi connectivity index (χ2n) is 5.78. The number of carboxylic acid groups (broad SMARTS) is 1. The standard InChI is InChI=1S/C17H23NO4/c1-3-9-22-15-7-6-12(2)10-14(15)16(19)18-8-4-5-13(11-18)17(20)21/h6-7,10,13H,3-5,8-9,11H2,1-2H3,(H,20,21). The molecule has 1 aromatic rings. The van der Waals surface area contributed by atoms with E-state index < -0.39 is 11.9 Å². The highest BCUT2D eigenvalue weighted by Crippen LogP contribution is 2.25. The number of carbonyl (C=O) groups excluding carboxylic acids is 1. The number of rotatable bonds is 5. The smallest absolute Gasteiger partial charge is 0.308 e. The summed E-state index contributed by atoms with van der Waals surface area (Å²) in [4.78, 5) is 25.6. The Kier molecular flexibility index (Phi) is 5.41. The van der Waals surface area contributed by atoms with Gasteiger partial charge < -0.3 is 14.7 Å². The number of hydrogen-bond donors (Lipinski definition) is 1. The molecule has 1 fully saturated rings. The van der Waals surface area contributed by atoms with Crippen molar-refractivity contribution in [2.75, 3.05) is 19.7 Å². The fourth-order valence-electron chi connectivity index (χ4n) is 2.68. The first-order chi connectivity index (χ1) is 10.5. The zero-order chi connectivity index (χ0) is 16.1. The Bertz CT molecular complexity index is 556. The SMILES string of the molecule is CCCOc1ccc(C)cc1C(=O)N1CCCC(C(=O)O)C1. The Morgan fingerprint density at radius 3 is 2.86 bits per heavy atom. The molecule has 1 unspecified atom stereocenters. The summed E-state index contributed by atoms with van der Waals surface area (Å²) in [6.45, 7) is 5.37. The number of nitrogens with zero attached hydrogens (tertiary/aromatic N) is 1. The van der Waals surface area contributed by atoms with Gasteiger partial charge in [0.1, 0.15) is 5.75 Å². The second kappa shape index (κ2) is 7.29. The third kappa shape index (κ3) is 3.78. The van der Waals surface area contributed by atoms with E-state index in [2.05, 4.69) is 0 Å². The molecule has 120 valence electrons. The van der Waals surface area contributed by atoms with E-state index in [9.17, 15) is 9.59 Å². The van der Waals surface area contributed by atoms with Gasteiger partial charge in [-0.15, -0.1) is 0 Å². The Morgan fingerprint density at radius 2 is 2.18 bits per heavy atom. The third-order valence-corrected chi connectivity index (χ3v) is 3.89. The molecule has 1 saturated heterocycles. The number of benzene rings is 1. The summed E-state index contributed by atoms with van der Waals surface area (Å²) in [5.74, 6) is -0.859. The van der Waals surface area contributed by atoms with Gasteiger partial charge >= 0.3 is 5.97 Å². The fraction of sp³-hybridized carbons (Fsp3) is 0.529. The van der Waals surface area contributed by atoms with Gasteiger partial charge in [0.05, 0.1) is 18.1 Å². The van der Waals surface area contributed by atoms with Crippen molar-refractivity contribution in [3.63, 3.8) is 0 Å². The average molecular weight is 305 g/mol. The van der Waals surface area contributed by atoms with E-state index in [1.807, 2.05) is 32.0 Å². The van der Waals surface area contributed by atoms with E-state index >= 15 is 0 Å². The lowest BCUT2D eigenvalue weighted by atomic mass is 9.97. The molecule has 1 aliphatic rings. The Morgan fingerprint density at radius 1 is 1.41 bits per heavy atom. The predicted octanol–water partition coefficient (Wildman–Crippen LogP) is 2.72. The van der Waals surface area contributed by atoms with E-state index in [1.165, 1.54) is 0 Å². The van der Waals surface area contributed by atoms with Crippen molar-refractivity contribution in [1.29, 1.82) is 0 Å². The largest absolute Gasteiger partial charge is 0.493 e. The van der Waals surface area contributed by atoms with Crippen LogP contribution in [0, 0.1) is 12.8 Å². The minimum atomic E-state index is -0.829. The lowest BCUT2D eigenvalue weighted by molar-refractivity contribution is -0.143. The molecular weight excluding hydrogens is 282 g/mol. The molecular formula is C17H23NO4. The summed E-state index contributed by atoms with van der Waals surface area (Å²) in [5.41, 5.74) is 1.51. The summed E-state index contributed by atoms with van der Waals surface area (Å²) in [7, 11) is 0. The van der Waals surface area contributed by atoms with Crippen LogP contribution in [0.2, 0.25) is 0 Å². The molecule has 0 spiro atoms. The Hall–Kier alpha value is -2.04. The molecule has 0 aliphatic carbocycles. The van der Waals surface area contributed by atoms with Crippen molar-refractivity contribution in [3.05, 3.63) is 29.3 Å². The summed E-state index contributed by atoms with van der Waals surface area (Å²) in [6.07, 6.45) is 2.22. The van der Waals surface area contributed by atoms with Crippen molar-refractivity contribution in [1.82, 2.24) is 4.90 Å². The van der Waals surface area contributed by atoms with Crippen LogP contribution in [0.25, 0.3) is 0 Å². The zero-order valence-corrected chi connectivity index (χ0v) is 13.2. The van der Waals surface area contributed by atoms with E-state index in [0.717, 1.165) is 18.4 Å². The van der Waals surface area contributed by atoms with Crippen molar-refractivity contribution in [3.8, 4) is 5.75 Å². The van der Waals surface area contributed by atoms with Gasteiger partial charge in [-0.3, -0.25) is 9.59 Å². The molecule has 0 aromatic heterocycles. The monoisotopic (exact) mass is 305 g/mol. The fourth-order valence-corrected chi connectivity index (χ4v) is 2.68. The van der Waals surface area contributed by atoms with Crippen LogP contribution in [0.1, 0.15) is 42.1 Å². The molecule has 22 heavy (non-hydrogen) atoms. The first kappa shape index (κ1) is 16.3. The van der Waals surface area contributed by atoms with Gasteiger partial charge in [-0.1, -0.05) is 18.6 Å². The van der Waals surface area contributed by atoms with Crippen molar-refractivity contribution < 1.29 is 19.4 Å². The number of amides is 1. The number of hydrogen-bond acceptors (Lipinski definition) is 3. The molecule has 0 radical (unpaired) electrons. The first-order valence-corrected chi connectivity index (χ1v) is 7.78. The molecule has 1 amide bonds. The lowest BCUT2D eigenvalue weighted by Crippen LogP contribution is -2.42. The molecule has 1 N–H and O–H groups in total. The summed E-state index contributed by atoms with van der Waals surface area (Å²) in [6, 6.07) is 5.55. The average Bonchev–Trinajstić information content (AvgIpc) is 2.53. The van der Waals surface area contributed by atoms with Gasteiger partial charge in [0.2, 0.25) is 0 Å². The summed E-state index contributed by atoms with van der Waals surface area (Å²) < 4.78 is 5.66. The van der Waals surface area contributed by atoms with Gasteiger partial charge in [-0.25, -0.2) is 0 Å². The number of piperidine rings is 1. The molecule has 0 saturated carbocycles. The molecule has 1 atom stereocenters. The third-order valence-electron chi connectivity index (χ3n) is 3.89. The molecule has 0 bridgehead atoms. The Balaban J connectivity index is 2.20. The quantitative estimate of drug-likeness (QED) is 0.908. The minimum absolute atomic E-state index is 0.138. The minimum Gasteiger partial charge on any atom is -0.493 e. The highest BCUT2D eigenvalue weighted by Gasteiger charge is 2.29. The molecule has 5 nitrogen and oxygen atoms in total. The lowest BCUT2D eigenvalue weighted by Gasteiger charge is -2.31. The Labute approximate surface area is 130 Å². The van der Waals surface area contributed by atoms with Crippen LogP contribution in [-0.2, 0) is 4.79 Å². The van der Waals surface area contributed by atoms with Crippen LogP contribution < -0.4 is 4.74 Å². The highest BCUT2D eigenvalue weighted by molar-refractivity contribution is 5.97. The molecule has 1 aromatic carbocycles. The van der Waals surface area contributed by atoms with Gasteiger partial charge in [0.15, 0.2) is 0 Å². The van der Waals surface area contributed by atoms with E-state index in [1.54, 1.807) is 4.90 Å². The number of aryl methyl sites for hydroxylation is 1. The predicted molar refractivity (Wildman–Crippen MR) is 83.2 cm³/mol. The molecule has 1 aliphatic heterocycles. The number of carboxylic acids is 1. The van der Waals surface area contributed by atoms with E-state index in [-0.39, 0.29) is 12.5 Å². The highest BCUT2D eigenvalue weighted by atomic mass is 16.5. The van der Waals surface area contributed by atoms with Crippen molar-refractivity contribution >= 4 is 11.9 Å². The van der Waals surface area contributed by atoms with E-state index in [0.29, 0.717) is 30.9 Å². The van der Waals surface area contributed by atoms with Crippen LogP contribution in [0.5, 0.6) is 5.75 Å². The molecule has 5 heteroatoms. The normalized spacial score (nSPS) is 18.1. The van der Waals surface area contributed by atoms with Gasteiger partial charge in [-0.2, -0.15) is 0 Å². The molecule has 2 rings (SSSR count). The summed E-state index contributed by atoms with van der Waals surface area (Å²) >= 11 is 0. The van der Waals surface area contributed by atoms with Gasteiger partial charge in [0.25, 0.3) is 5.91 Å². The van der Waals surface area contributed by atoms with Gasteiger partial charge in [0, 0.05) is 13.1 Å². The number of ether oxygens (including phenoxy) is 1. The van der Waals surface area contributed by atoms with Crippen LogP contribution in [0.3, 0.4) is 0 Å². The van der Waals surface area contributed by atoms with E-state index in [4.69, 9.17) is 9.84 Å². The first-order valence-electron chi connectivity index (χ1n) is 7.78.